The Labute approximate surface area is 190 Å². The van der Waals surface area contributed by atoms with Crippen LogP contribution in [-0.2, 0) is 24.8 Å². The molecule has 0 atom stereocenters. The smallest absolute Gasteiger partial charge is 0.409 e. The molecule has 8 nitrogen and oxygen atoms in total. The highest BCUT2D eigenvalue weighted by atomic mass is 16.6. The van der Waals surface area contributed by atoms with Gasteiger partial charge in [-0.25, -0.2) is 14.5 Å². The van der Waals surface area contributed by atoms with Gasteiger partial charge in [0.2, 0.25) is 0 Å². The van der Waals surface area contributed by atoms with Gasteiger partial charge in [-0.3, -0.25) is 0 Å². The number of amides is 1. The van der Waals surface area contributed by atoms with E-state index in [2.05, 4.69) is 17.2 Å². The molecular weight excluding hydrogens is 406 g/mol. The molecule has 0 aromatic carbocycles. The van der Waals surface area contributed by atoms with E-state index < -0.39 is 0 Å². The van der Waals surface area contributed by atoms with E-state index in [0.717, 1.165) is 61.0 Å². The minimum atomic E-state index is -0.323. The number of aromatic nitrogens is 4. The van der Waals surface area contributed by atoms with Crippen LogP contribution in [0.15, 0.2) is 12.1 Å². The fourth-order valence-corrected chi connectivity index (χ4v) is 4.20. The van der Waals surface area contributed by atoms with Gasteiger partial charge in [0.25, 0.3) is 0 Å². The number of hydrogen-bond donors (Lipinski definition) is 0. The normalized spacial score (nSPS) is 16.7. The van der Waals surface area contributed by atoms with Crippen LogP contribution in [0.25, 0.3) is 11.4 Å². The first-order chi connectivity index (χ1) is 15.5. The van der Waals surface area contributed by atoms with Gasteiger partial charge >= 0.3 is 6.09 Å². The van der Waals surface area contributed by atoms with Gasteiger partial charge in [0.05, 0.1) is 17.5 Å². The van der Waals surface area contributed by atoms with Crippen LogP contribution < -0.4 is 4.74 Å². The SMILES string of the molecule is CCc1nc(-c2nnn(C)c2COC(=O)N(C)CCC2CC2)ccc1OC1CCCCC1. The van der Waals surface area contributed by atoms with Crippen LogP contribution in [0, 0.1) is 5.92 Å². The highest BCUT2D eigenvalue weighted by Gasteiger charge is 2.24. The first-order valence-electron chi connectivity index (χ1n) is 12.0. The second kappa shape index (κ2) is 10.3. The third-order valence-electron chi connectivity index (χ3n) is 6.51. The van der Waals surface area contributed by atoms with E-state index in [0.29, 0.717) is 5.69 Å². The molecule has 0 saturated heterocycles. The number of pyridine rings is 1. The van der Waals surface area contributed by atoms with Gasteiger partial charge in [0, 0.05) is 20.6 Å². The van der Waals surface area contributed by atoms with Crippen LogP contribution in [0.2, 0.25) is 0 Å². The monoisotopic (exact) mass is 441 g/mol. The molecule has 0 aliphatic heterocycles. The summed E-state index contributed by atoms with van der Waals surface area (Å²) in [6.45, 7) is 2.91. The summed E-state index contributed by atoms with van der Waals surface area (Å²) < 4.78 is 13.5. The van der Waals surface area contributed by atoms with Crippen LogP contribution in [-0.4, -0.2) is 50.7 Å². The van der Waals surface area contributed by atoms with Crippen molar-refractivity contribution in [1.82, 2.24) is 24.9 Å². The lowest BCUT2D eigenvalue weighted by molar-refractivity contribution is 0.102. The zero-order chi connectivity index (χ0) is 22.5. The Balaban J connectivity index is 1.43. The number of ether oxygens (including phenoxy) is 2. The predicted octanol–water partition coefficient (Wildman–Crippen LogP) is 4.52. The fourth-order valence-electron chi connectivity index (χ4n) is 4.20. The van der Waals surface area contributed by atoms with Crippen molar-refractivity contribution in [2.24, 2.45) is 13.0 Å². The molecule has 2 aliphatic carbocycles. The first-order valence-corrected chi connectivity index (χ1v) is 12.0. The van der Waals surface area contributed by atoms with Gasteiger partial charge in [-0.15, -0.1) is 5.10 Å². The van der Waals surface area contributed by atoms with Crippen molar-refractivity contribution >= 4 is 6.09 Å². The van der Waals surface area contributed by atoms with Crippen LogP contribution >= 0.6 is 0 Å². The molecule has 2 saturated carbocycles. The molecule has 32 heavy (non-hydrogen) atoms. The lowest BCUT2D eigenvalue weighted by Crippen LogP contribution is -2.28. The molecule has 0 bridgehead atoms. The maximum absolute atomic E-state index is 12.4. The van der Waals surface area contributed by atoms with Gasteiger partial charge in [-0.2, -0.15) is 0 Å². The Bertz CT molecular complexity index is 918. The van der Waals surface area contributed by atoms with E-state index in [4.69, 9.17) is 14.5 Å². The van der Waals surface area contributed by atoms with E-state index in [-0.39, 0.29) is 18.8 Å². The van der Waals surface area contributed by atoms with Gasteiger partial charge in [-0.1, -0.05) is 31.4 Å². The molecule has 2 heterocycles. The maximum atomic E-state index is 12.4. The largest absolute Gasteiger partial charge is 0.489 e. The topological polar surface area (TPSA) is 82.4 Å². The van der Waals surface area contributed by atoms with Gasteiger partial charge in [-0.05, 0) is 56.6 Å². The Morgan fingerprint density at radius 2 is 1.97 bits per heavy atom. The van der Waals surface area contributed by atoms with Crippen molar-refractivity contribution < 1.29 is 14.3 Å². The number of nitrogens with zero attached hydrogens (tertiary/aromatic N) is 5. The van der Waals surface area contributed by atoms with Crippen LogP contribution in [0.5, 0.6) is 5.75 Å². The second-order valence-corrected chi connectivity index (χ2v) is 9.09. The number of aryl methyl sites for hydroxylation is 2. The summed E-state index contributed by atoms with van der Waals surface area (Å²) in [5.41, 5.74) is 3.00. The lowest BCUT2D eigenvalue weighted by atomic mass is 9.98. The first kappa shape index (κ1) is 22.6. The molecule has 8 heteroatoms. The van der Waals surface area contributed by atoms with E-state index in [1.54, 1.807) is 23.7 Å². The van der Waals surface area contributed by atoms with Crippen LogP contribution in [0.4, 0.5) is 4.79 Å². The Kier molecular flexibility index (Phi) is 7.27. The van der Waals surface area contributed by atoms with E-state index in [1.165, 1.54) is 32.1 Å². The summed E-state index contributed by atoms with van der Waals surface area (Å²) in [4.78, 5) is 18.9. The summed E-state index contributed by atoms with van der Waals surface area (Å²) in [6.07, 6.45) is 10.3. The average molecular weight is 442 g/mol. The van der Waals surface area contributed by atoms with Crippen molar-refractivity contribution in [1.29, 1.82) is 0 Å². The highest BCUT2D eigenvalue weighted by Crippen LogP contribution is 2.32. The highest BCUT2D eigenvalue weighted by molar-refractivity contribution is 5.67. The number of rotatable bonds is 9. The molecule has 2 aromatic rings. The molecule has 2 fully saturated rings. The summed E-state index contributed by atoms with van der Waals surface area (Å²) in [5, 5.41) is 8.45. The van der Waals surface area contributed by atoms with E-state index >= 15 is 0 Å². The van der Waals surface area contributed by atoms with Crippen LogP contribution in [0.3, 0.4) is 0 Å². The van der Waals surface area contributed by atoms with Gasteiger partial charge in [0.1, 0.15) is 23.7 Å². The summed E-state index contributed by atoms with van der Waals surface area (Å²) in [5.74, 6) is 1.64. The third kappa shape index (κ3) is 5.58. The van der Waals surface area contributed by atoms with E-state index in [9.17, 15) is 4.79 Å². The maximum Gasteiger partial charge on any atom is 0.409 e. The molecule has 1 amide bonds. The summed E-state index contributed by atoms with van der Waals surface area (Å²) >= 11 is 0. The van der Waals surface area contributed by atoms with Gasteiger partial charge in [0.15, 0.2) is 0 Å². The molecule has 4 rings (SSSR count). The fraction of sp³-hybridized carbons (Fsp3) is 0.667. The Morgan fingerprint density at radius 3 is 2.69 bits per heavy atom. The lowest BCUT2D eigenvalue weighted by Gasteiger charge is -2.24. The summed E-state index contributed by atoms with van der Waals surface area (Å²) in [7, 11) is 3.59. The molecule has 0 N–H and O–H groups in total. The quantitative estimate of drug-likeness (QED) is 0.569. The Morgan fingerprint density at radius 1 is 1.19 bits per heavy atom. The van der Waals surface area contributed by atoms with Crippen molar-refractivity contribution in [3.05, 3.63) is 23.5 Å². The molecule has 2 aliphatic rings. The van der Waals surface area contributed by atoms with Crippen molar-refractivity contribution in [2.75, 3.05) is 13.6 Å². The third-order valence-corrected chi connectivity index (χ3v) is 6.51. The minimum Gasteiger partial charge on any atom is -0.489 e. The molecule has 2 aromatic heterocycles. The predicted molar refractivity (Wildman–Crippen MR) is 121 cm³/mol. The second-order valence-electron chi connectivity index (χ2n) is 9.09. The molecule has 0 unspecified atom stereocenters. The number of carbonyl (C=O) groups is 1. The average Bonchev–Trinajstić information content (AvgIpc) is 3.58. The van der Waals surface area contributed by atoms with Gasteiger partial charge < -0.3 is 14.4 Å². The minimum absolute atomic E-state index is 0.106. The Hall–Kier alpha value is -2.64. The molecular formula is C24H35N5O3. The van der Waals surface area contributed by atoms with Crippen LogP contribution in [0.1, 0.15) is 69.7 Å². The molecule has 174 valence electrons. The van der Waals surface area contributed by atoms with Crippen molar-refractivity contribution in [2.45, 2.75) is 77.4 Å². The number of hydrogen-bond acceptors (Lipinski definition) is 6. The zero-order valence-electron chi connectivity index (χ0n) is 19.5. The van der Waals surface area contributed by atoms with Crippen molar-refractivity contribution in [3.63, 3.8) is 0 Å². The van der Waals surface area contributed by atoms with E-state index in [1.807, 2.05) is 12.1 Å². The zero-order valence-corrected chi connectivity index (χ0v) is 19.5. The summed E-state index contributed by atoms with van der Waals surface area (Å²) in [6, 6.07) is 3.92. The molecule has 0 radical (unpaired) electrons. The standard InChI is InChI=1S/C24H35N5O3/c1-4-19-22(32-18-8-6-5-7-9-18)13-12-20(25-19)23-21(29(3)27-26-23)16-31-24(30)28(2)15-14-17-10-11-17/h12-13,17-18H,4-11,14-16H2,1-3H3. The molecule has 0 spiro atoms. The number of carbonyl (C=O) groups excluding carboxylic acids is 1. The van der Waals surface area contributed by atoms with Crippen molar-refractivity contribution in [3.8, 4) is 17.1 Å².